The predicted octanol–water partition coefficient (Wildman–Crippen LogP) is 5.29. The van der Waals surface area contributed by atoms with Crippen LogP contribution in [0.3, 0.4) is 0 Å². The Morgan fingerprint density at radius 3 is 2.57 bits per heavy atom. The van der Waals surface area contributed by atoms with Crippen LogP contribution in [0.15, 0.2) is 16.6 Å². The molecule has 5 nitrogen and oxygen atoms in total. The molecule has 170 valence electrons. The molecule has 1 aliphatic carbocycles. The molecule has 0 aromatic heterocycles. The van der Waals surface area contributed by atoms with Gasteiger partial charge in [0.25, 0.3) is 0 Å². The van der Waals surface area contributed by atoms with Crippen molar-refractivity contribution < 1.29 is 9.53 Å². The molecule has 7 heteroatoms. The summed E-state index contributed by atoms with van der Waals surface area (Å²) >= 11 is 9.39. The first-order chi connectivity index (χ1) is 14.5. The smallest absolute Gasteiger partial charge is 0.338 e. The molecule has 1 aromatic carbocycles. The Morgan fingerprint density at radius 1 is 1.20 bits per heavy atom. The molecule has 0 heterocycles. The monoisotopic (exact) mass is 501 g/mol. The minimum Gasteiger partial charge on any atom is -0.461 e. The van der Waals surface area contributed by atoms with Gasteiger partial charge < -0.3 is 10.5 Å². The van der Waals surface area contributed by atoms with Gasteiger partial charge in [-0.25, -0.2) is 4.79 Å². The van der Waals surface area contributed by atoms with Crippen LogP contribution in [0.2, 0.25) is 0 Å². The molecular formula is C23H37BrClN3O2. The van der Waals surface area contributed by atoms with E-state index in [2.05, 4.69) is 39.6 Å². The summed E-state index contributed by atoms with van der Waals surface area (Å²) in [5, 5.41) is 0. The maximum Gasteiger partial charge on any atom is 0.338 e. The molecule has 0 amide bonds. The van der Waals surface area contributed by atoms with Gasteiger partial charge in [-0.2, -0.15) is 0 Å². The molecule has 0 unspecified atom stereocenters. The van der Waals surface area contributed by atoms with Gasteiger partial charge in [0.2, 0.25) is 0 Å². The Morgan fingerprint density at radius 2 is 1.93 bits per heavy atom. The van der Waals surface area contributed by atoms with Crippen LogP contribution < -0.4 is 5.73 Å². The van der Waals surface area contributed by atoms with Gasteiger partial charge in [-0.1, -0.05) is 33.1 Å². The molecule has 0 aliphatic heterocycles. The van der Waals surface area contributed by atoms with Crippen LogP contribution >= 0.6 is 27.5 Å². The number of halogens is 2. The molecule has 0 saturated heterocycles. The zero-order valence-corrected chi connectivity index (χ0v) is 20.8. The zero-order chi connectivity index (χ0) is 21.9. The number of carbonyl (C=O) groups excluding carboxylic acids is 1. The summed E-state index contributed by atoms with van der Waals surface area (Å²) in [6.07, 6.45) is 7.47. The fraction of sp³-hybridized carbons (Fsp3) is 0.696. The lowest BCUT2D eigenvalue weighted by Crippen LogP contribution is -2.36. The van der Waals surface area contributed by atoms with Crippen molar-refractivity contribution in [1.82, 2.24) is 9.80 Å². The molecule has 0 bridgehead atoms. The second-order valence-electron chi connectivity index (χ2n) is 8.05. The Balaban J connectivity index is 2.02. The highest BCUT2D eigenvalue weighted by Crippen LogP contribution is 2.30. The molecule has 1 fully saturated rings. The maximum absolute atomic E-state index is 12.7. The number of rotatable bonds is 12. The van der Waals surface area contributed by atoms with Crippen molar-refractivity contribution in [3.05, 3.63) is 27.7 Å². The summed E-state index contributed by atoms with van der Waals surface area (Å²) in [5.74, 6) is 0.275. The lowest BCUT2D eigenvalue weighted by Gasteiger charge is -2.34. The third-order valence-corrected chi connectivity index (χ3v) is 6.73. The normalized spacial score (nSPS) is 15.1. The summed E-state index contributed by atoms with van der Waals surface area (Å²) in [4.78, 5) is 17.4. The molecule has 2 N–H and O–H groups in total. The van der Waals surface area contributed by atoms with Crippen LogP contribution in [0, 0.1) is 0 Å². The molecule has 1 saturated carbocycles. The first-order valence-corrected chi connectivity index (χ1v) is 12.6. The highest BCUT2D eigenvalue weighted by molar-refractivity contribution is 9.10. The van der Waals surface area contributed by atoms with Gasteiger partial charge in [0.15, 0.2) is 0 Å². The van der Waals surface area contributed by atoms with Crippen LogP contribution in [-0.2, 0) is 11.3 Å². The molecule has 30 heavy (non-hydrogen) atoms. The third kappa shape index (κ3) is 7.70. The van der Waals surface area contributed by atoms with Crippen molar-refractivity contribution >= 4 is 39.2 Å². The van der Waals surface area contributed by atoms with Gasteiger partial charge in [0, 0.05) is 36.0 Å². The quantitative estimate of drug-likeness (QED) is 0.239. The topological polar surface area (TPSA) is 58.8 Å². The first kappa shape index (κ1) is 25.4. The Kier molecular flexibility index (Phi) is 11.5. The van der Waals surface area contributed by atoms with E-state index in [0.29, 0.717) is 36.3 Å². The lowest BCUT2D eigenvalue weighted by molar-refractivity contribution is 0.0464. The molecular weight excluding hydrogens is 466 g/mol. The predicted molar refractivity (Wildman–Crippen MR) is 129 cm³/mol. The van der Waals surface area contributed by atoms with Gasteiger partial charge in [0.05, 0.1) is 11.3 Å². The van der Waals surface area contributed by atoms with Crippen molar-refractivity contribution in [2.75, 3.05) is 44.4 Å². The summed E-state index contributed by atoms with van der Waals surface area (Å²) in [7, 11) is 0. The first-order valence-electron chi connectivity index (χ1n) is 11.3. The number of hydrogen-bond acceptors (Lipinski definition) is 5. The van der Waals surface area contributed by atoms with Crippen LogP contribution in [0.1, 0.15) is 68.3 Å². The van der Waals surface area contributed by atoms with Gasteiger partial charge >= 0.3 is 5.97 Å². The standard InChI is InChI=1S/C23H37BrClN3O2/c1-3-11-27(12-10-25)13-14-30-23(29)18-15-19(22(26)21(24)16-18)17-28(4-2)20-8-6-5-7-9-20/h15-16,20H,3-14,17,26H2,1-2H3. The fourth-order valence-corrected chi connectivity index (χ4v) is 4.95. The number of carbonyl (C=O) groups is 1. The number of hydrogen-bond donors (Lipinski definition) is 1. The van der Waals surface area contributed by atoms with E-state index < -0.39 is 0 Å². The van der Waals surface area contributed by atoms with E-state index >= 15 is 0 Å². The minimum absolute atomic E-state index is 0.306. The number of alkyl halides is 1. The number of ether oxygens (including phenoxy) is 1. The largest absolute Gasteiger partial charge is 0.461 e. The second kappa shape index (κ2) is 13.6. The van der Waals surface area contributed by atoms with Gasteiger partial charge in [-0.3, -0.25) is 9.80 Å². The molecule has 1 aliphatic rings. The Bertz CT molecular complexity index is 662. The van der Waals surface area contributed by atoms with E-state index in [1.165, 1.54) is 32.1 Å². The van der Waals surface area contributed by atoms with Crippen LogP contribution in [-0.4, -0.2) is 60.5 Å². The average Bonchev–Trinajstić information content (AvgIpc) is 2.75. The Hall–Kier alpha value is -0.820. The van der Waals surface area contributed by atoms with E-state index in [9.17, 15) is 4.79 Å². The van der Waals surface area contributed by atoms with Crippen LogP contribution in [0.25, 0.3) is 0 Å². The van der Waals surface area contributed by atoms with Crippen LogP contribution in [0.5, 0.6) is 0 Å². The summed E-state index contributed by atoms with van der Waals surface area (Å²) in [5.41, 5.74) is 8.58. The van der Waals surface area contributed by atoms with Gasteiger partial charge in [-0.15, -0.1) is 11.6 Å². The Labute approximate surface area is 195 Å². The summed E-state index contributed by atoms with van der Waals surface area (Å²) < 4.78 is 6.30. The number of esters is 1. The molecule has 2 rings (SSSR count). The third-order valence-electron chi connectivity index (χ3n) is 5.90. The maximum atomic E-state index is 12.7. The highest BCUT2D eigenvalue weighted by atomic mass is 79.9. The van der Waals surface area contributed by atoms with Crippen molar-refractivity contribution in [1.29, 1.82) is 0 Å². The minimum atomic E-state index is -0.306. The van der Waals surface area contributed by atoms with Gasteiger partial charge in [0.1, 0.15) is 6.61 Å². The van der Waals surface area contributed by atoms with E-state index in [1.54, 1.807) is 6.07 Å². The van der Waals surface area contributed by atoms with E-state index in [4.69, 9.17) is 22.1 Å². The number of nitrogens with two attached hydrogens (primary N) is 1. The van der Waals surface area contributed by atoms with Crippen molar-refractivity contribution in [2.24, 2.45) is 0 Å². The average molecular weight is 503 g/mol. The fourth-order valence-electron chi connectivity index (χ4n) is 4.21. The van der Waals surface area contributed by atoms with Crippen LogP contribution in [0.4, 0.5) is 5.69 Å². The van der Waals surface area contributed by atoms with Gasteiger partial charge in [-0.05, 0) is 66.0 Å². The summed E-state index contributed by atoms with van der Waals surface area (Å²) in [6, 6.07) is 4.26. The molecule has 0 atom stereocenters. The lowest BCUT2D eigenvalue weighted by atomic mass is 9.93. The zero-order valence-electron chi connectivity index (χ0n) is 18.5. The van der Waals surface area contributed by atoms with E-state index in [-0.39, 0.29) is 5.97 Å². The number of anilines is 1. The SMILES string of the molecule is CCCN(CCCl)CCOC(=O)c1cc(Br)c(N)c(CN(CC)C2CCCCC2)c1. The molecule has 0 radical (unpaired) electrons. The number of nitrogen functional groups attached to an aromatic ring is 1. The van der Waals surface area contributed by atoms with E-state index in [1.807, 2.05) is 6.07 Å². The number of nitrogens with zero attached hydrogens (tertiary/aromatic N) is 2. The van der Waals surface area contributed by atoms with Crippen molar-refractivity contribution in [3.8, 4) is 0 Å². The van der Waals surface area contributed by atoms with Crippen molar-refractivity contribution in [2.45, 2.75) is 65.0 Å². The summed E-state index contributed by atoms with van der Waals surface area (Å²) in [6.45, 7) is 8.87. The van der Waals surface area contributed by atoms with Crippen molar-refractivity contribution in [3.63, 3.8) is 0 Å². The molecule has 1 aromatic rings. The second-order valence-corrected chi connectivity index (χ2v) is 9.28. The highest BCUT2D eigenvalue weighted by Gasteiger charge is 2.22. The van der Waals surface area contributed by atoms with E-state index in [0.717, 1.165) is 42.6 Å². The molecule has 0 spiro atoms. The number of benzene rings is 1.